The van der Waals surface area contributed by atoms with E-state index < -0.39 is 0 Å². The van der Waals surface area contributed by atoms with Crippen molar-refractivity contribution in [3.63, 3.8) is 0 Å². The minimum absolute atomic E-state index is 0.329. The fourth-order valence-corrected chi connectivity index (χ4v) is 2.92. The second kappa shape index (κ2) is 5.07. The van der Waals surface area contributed by atoms with Gasteiger partial charge in [0.05, 0.1) is 0 Å². The number of ether oxygens (including phenoxy) is 2. The van der Waals surface area contributed by atoms with Gasteiger partial charge in [-0.05, 0) is 24.6 Å². The topological polar surface area (TPSA) is 33.7 Å². The summed E-state index contributed by atoms with van der Waals surface area (Å²) < 4.78 is 11.9. The Hall–Kier alpha value is -0.780. The second-order valence-corrected chi connectivity index (χ2v) is 5.74. The van der Waals surface area contributed by atoms with Gasteiger partial charge in [-0.2, -0.15) is 0 Å². The molecule has 0 saturated carbocycles. The maximum absolute atomic E-state index is 5.43. The van der Waals surface area contributed by atoms with Gasteiger partial charge in [0, 0.05) is 36.7 Å². The van der Waals surface area contributed by atoms with E-state index in [1.807, 2.05) is 6.07 Å². The summed E-state index contributed by atoms with van der Waals surface area (Å²) >= 11 is 3.61. The fraction of sp³-hybridized carbons (Fsp3) is 0.538. The zero-order chi connectivity index (χ0) is 12.5. The van der Waals surface area contributed by atoms with Crippen LogP contribution in [-0.4, -0.2) is 37.4 Å². The first-order valence-electron chi connectivity index (χ1n) is 6.26. The number of benzene rings is 1. The molecule has 1 fully saturated rings. The van der Waals surface area contributed by atoms with Crippen LogP contribution in [-0.2, 0) is 6.54 Å². The molecule has 0 bridgehead atoms. The lowest BCUT2D eigenvalue weighted by atomic mass is 10.1. The van der Waals surface area contributed by atoms with Gasteiger partial charge in [0.2, 0.25) is 6.79 Å². The van der Waals surface area contributed by atoms with Crippen molar-refractivity contribution in [2.24, 2.45) is 0 Å². The lowest BCUT2D eigenvalue weighted by Crippen LogP contribution is -2.48. The minimum atomic E-state index is 0.329. The quantitative estimate of drug-likeness (QED) is 0.905. The van der Waals surface area contributed by atoms with Crippen LogP contribution in [0.5, 0.6) is 11.5 Å². The van der Waals surface area contributed by atoms with E-state index in [2.05, 4.69) is 39.1 Å². The van der Waals surface area contributed by atoms with E-state index in [1.54, 1.807) is 0 Å². The molecular formula is C13H17BrN2O2. The molecule has 0 spiro atoms. The number of hydrogen-bond donors (Lipinski definition) is 1. The molecule has 0 radical (unpaired) electrons. The van der Waals surface area contributed by atoms with E-state index in [0.29, 0.717) is 12.8 Å². The molecule has 1 saturated heterocycles. The summed E-state index contributed by atoms with van der Waals surface area (Å²) in [7, 11) is 0. The van der Waals surface area contributed by atoms with Gasteiger partial charge in [0.15, 0.2) is 11.5 Å². The van der Waals surface area contributed by atoms with Crippen LogP contribution < -0.4 is 14.8 Å². The summed E-state index contributed by atoms with van der Waals surface area (Å²) in [6.45, 7) is 6.73. The number of hydrogen-bond acceptors (Lipinski definition) is 4. The van der Waals surface area contributed by atoms with Crippen LogP contribution in [0.2, 0.25) is 0 Å². The van der Waals surface area contributed by atoms with E-state index in [4.69, 9.17) is 9.47 Å². The summed E-state index contributed by atoms with van der Waals surface area (Å²) in [4.78, 5) is 2.46. The van der Waals surface area contributed by atoms with Crippen molar-refractivity contribution in [3.05, 3.63) is 22.2 Å². The van der Waals surface area contributed by atoms with Crippen LogP contribution >= 0.6 is 15.9 Å². The average molecular weight is 313 g/mol. The maximum Gasteiger partial charge on any atom is 0.231 e. The van der Waals surface area contributed by atoms with Crippen LogP contribution in [0.3, 0.4) is 0 Å². The van der Waals surface area contributed by atoms with Gasteiger partial charge in [-0.15, -0.1) is 0 Å². The molecule has 0 amide bonds. The Bertz CT molecular complexity index is 453. The van der Waals surface area contributed by atoms with Crippen molar-refractivity contribution in [2.45, 2.75) is 19.5 Å². The van der Waals surface area contributed by atoms with Crippen molar-refractivity contribution < 1.29 is 9.47 Å². The molecule has 4 nitrogen and oxygen atoms in total. The average Bonchev–Trinajstić information content (AvgIpc) is 2.76. The smallest absolute Gasteiger partial charge is 0.231 e. The van der Waals surface area contributed by atoms with Gasteiger partial charge in [0.1, 0.15) is 0 Å². The van der Waals surface area contributed by atoms with Crippen LogP contribution in [0.1, 0.15) is 12.5 Å². The summed E-state index contributed by atoms with van der Waals surface area (Å²) in [6, 6.07) is 4.65. The Morgan fingerprint density at radius 1 is 1.39 bits per heavy atom. The monoisotopic (exact) mass is 312 g/mol. The molecular weight excluding hydrogens is 296 g/mol. The minimum Gasteiger partial charge on any atom is -0.454 e. The third-order valence-electron chi connectivity index (χ3n) is 3.39. The fourth-order valence-electron chi connectivity index (χ4n) is 2.48. The van der Waals surface area contributed by atoms with Gasteiger partial charge in [-0.25, -0.2) is 0 Å². The van der Waals surface area contributed by atoms with Gasteiger partial charge in [-0.1, -0.05) is 15.9 Å². The molecule has 18 heavy (non-hydrogen) atoms. The van der Waals surface area contributed by atoms with Crippen LogP contribution in [0.25, 0.3) is 0 Å². The third kappa shape index (κ3) is 2.48. The molecule has 0 aromatic heterocycles. The molecule has 1 aromatic rings. The highest BCUT2D eigenvalue weighted by Crippen LogP contribution is 2.37. The van der Waals surface area contributed by atoms with Crippen molar-refractivity contribution in [1.82, 2.24) is 10.2 Å². The summed E-state index contributed by atoms with van der Waals surface area (Å²) in [6.07, 6.45) is 0. The molecule has 98 valence electrons. The molecule has 0 aliphatic carbocycles. The van der Waals surface area contributed by atoms with Gasteiger partial charge < -0.3 is 14.8 Å². The summed E-state index contributed by atoms with van der Waals surface area (Å²) in [5.41, 5.74) is 1.26. The number of rotatable bonds is 2. The lowest BCUT2D eigenvalue weighted by molar-refractivity contribution is 0.173. The molecule has 2 aliphatic rings. The molecule has 5 heteroatoms. The first-order chi connectivity index (χ1) is 8.72. The zero-order valence-corrected chi connectivity index (χ0v) is 12.0. The number of fused-ring (bicyclic) bond motifs is 1. The van der Waals surface area contributed by atoms with Crippen molar-refractivity contribution in [2.75, 3.05) is 26.4 Å². The number of nitrogens with zero attached hydrogens (tertiary/aromatic N) is 1. The Morgan fingerprint density at radius 3 is 2.94 bits per heavy atom. The molecule has 1 aromatic carbocycles. The molecule has 2 aliphatic heterocycles. The molecule has 3 rings (SSSR count). The predicted molar refractivity (Wildman–Crippen MR) is 73.0 cm³/mol. The standard InChI is InChI=1S/C13H17BrN2O2/c1-9-6-16(3-2-15-9)7-10-4-12-13(5-11(10)14)18-8-17-12/h4-5,9,15H,2-3,6-8H2,1H3/t9-/m0/s1. The normalized spacial score (nSPS) is 23.3. The number of nitrogens with one attached hydrogen (secondary N) is 1. The second-order valence-electron chi connectivity index (χ2n) is 4.89. The zero-order valence-electron chi connectivity index (χ0n) is 10.4. The first-order valence-corrected chi connectivity index (χ1v) is 7.05. The van der Waals surface area contributed by atoms with Crippen LogP contribution in [0.15, 0.2) is 16.6 Å². The van der Waals surface area contributed by atoms with Crippen LogP contribution in [0.4, 0.5) is 0 Å². The Labute approximate surface area is 115 Å². The van der Waals surface area contributed by atoms with Crippen molar-refractivity contribution >= 4 is 15.9 Å². The largest absolute Gasteiger partial charge is 0.454 e. The predicted octanol–water partition coefficient (Wildman–Crippen LogP) is 1.97. The SMILES string of the molecule is C[C@H]1CN(Cc2cc3c(cc2Br)OCO3)CCN1. The van der Waals surface area contributed by atoms with Crippen LogP contribution in [0, 0.1) is 0 Å². The van der Waals surface area contributed by atoms with E-state index in [0.717, 1.165) is 42.2 Å². The Morgan fingerprint density at radius 2 is 2.17 bits per heavy atom. The van der Waals surface area contributed by atoms with Crippen molar-refractivity contribution in [3.8, 4) is 11.5 Å². The van der Waals surface area contributed by atoms with E-state index in [1.165, 1.54) is 5.56 Å². The van der Waals surface area contributed by atoms with E-state index >= 15 is 0 Å². The molecule has 1 atom stereocenters. The lowest BCUT2D eigenvalue weighted by Gasteiger charge is -2.32. The highest BCUT2D eigenvalue weighted by atomic mass is 79.9. The Kier molecular flexibility index (Phi) is 3.46. The highest BCUT2D eigenvalue weighted by molar-refractivity contribution is 9.10. The summed E-state index contributed by atoms with van der Waals surface area (Å²) in [5.74, 6) is 1.69. The number of piperazine rings is 1. The third-order valence-corrected chi connectivity index (χ3v) is 4.13. The summed E-state index contributed by atoms with van der Waals surface area (Å²) in [5, 5.41) is 3.46. The van der Waals surface area contributed by atoms with Gasteiger partial charge >= 0.3 is 0 Å². The van der Waals surface area contributed by atoms with E-state index in [9.17, 15) is 0 Å². The molecule has 0 unspecified atom stereocenters. The Balaban J connectivity index is 1.76. The molecule has 1 N–H and O–H groups in total. The van der Waals surface area contributed by atoms with Gasteiger partial charge in [0.25, 0.3) is 0 Å². The highest BCUT2D eigenvalue weighted by Gasteiger charge is 2.20. The molecule has 2 heterocycles. The van der Waals surface area contributed by atoms with E-state index in [-0.39, 0.29) is 0 Å². The maximum atomic E-state index is 5.43. The van der Waals surface area contributed by atoms with Crippen molar-refractivity contribution in [1.29, 1.82) is 0 Å². The number of halogens is 1. The first kappa shape index (κ1) is 12.3. The van der Waals surface area contributed by atoms with Gasteiger partial charge in [-0.3, -0.25) is 4.90 Å².